The molecule has 0 fully saturated rings. The third-order valence-corrected chi connectivity index (χ3v) is 4.34. The molecule has 1 aromatic carbocycles. The van der Waals surface area contributed by atoms with Crippen LogP contribution in [0.2, 0.25) is 0 Å². The zero-order valence-corrected chi connectivity index (χ0v) is 11.9. The Morgan fingerprint density at radius 1 is 1.37 bits per heavy atom. The Bertz CT molecular complexity index is 543. The number of sulfonamides is 1. The molecule has 1 heterocycles. The van der Waals surface area contributed by atoms with Gasteiger partial charge in [0.25, 0.3) is 0 Å². The van der Waals surface area contributed by atoms with Crippen LogP contribution in [0.5, 0.6) is 5.75 Å². The highest BCUT2D eigenvalue weighted by atomic mass is 32.2. The molecule has 1 aliphatic rings. The summed E-state index contributed by atoms with van der Waals surface area (Å²) in [5.74, 6) is 0.638. The summed E-state index contributed by atoms with van der Waals surface area (Å²) in [4.78, 5) is 0. The summed E-state index contributed by atoms with van der Waals surface area (Å²) in [6.07, 6.45) is 4.11. The summed E-state index contributed by atoms with van der Waals surface area (Å²) in [7, 11) is -3.25. The Balaban J connectivity index is 2.25. The zero-order valence-electron chi connectivity index (χ0n) is 11.1. The number of nitrogens with zero attached hydrogens (tertiary/aromatic N) is 1. The van der Waals surface area contributed by atoms with Crippen LogP contribution < -0.4 is 14.8 Å². The molecule has 0 aromatic heterocycles. The maximum Gasteiger partial charge on any atom is 0.232 e. The van der Waals surface area contributed by atoms with E-state index in [1.807, 2.05) is 18.2 Å². The molecular formula is C13H20N2O3S. The Labute approximate surface area is 114 Å². The second-order valence-corrected chi connectivity index (χ2v) is 6.64. The predicted molar refractivity (Wildman–Crippen MR) is 76.1 cm³/mol. The minimum absolute atomic E-state index is 0.373. The number of ether oxygens (including phenoxy) is 1. The molecule has 2 rings (SSSR count). The van der Waals surface area contributed by atoms with E-state index in [0.717, 1.165) is 24.8 Å². The molecule has 0 saturated carbocycles. The first-order chi connectivity index (χ1) is 9.02. The van der Waals surface area contributed by atoms with Gasteiger partial charge in [0.05, 0.1) is 18.5 Å². The third kappa shape index (κ3) is 3.39. The van der Waals surface area contributed by atoms with Crippen LogP contribution in [-0.4, -0.2) is 34.4 Å². The monoisotopic (exact) mass is 284 g/mol. The van der Waals surface area contributed by atoms with Crippen molar-refractivity contribution < 1.29 is 13.2 Å². The summed E-state index contributed by atoms with van der Waals surface area (Å²) in [6.45, 7) is 1.45. The van der Waals surface area contributed by atoms with Gasteiger partial charge in [-0.15, -0.1) is 0 Å². The van der Waals surface area contributed by atoms with E-state index >= 15 is 0 Å². The van der Waals surface area contributed by atoms with E-state index in [1.165, 1.54) is 10.6 Å². The van der Waals surface area contributed by atoms with Gasteiger partial charge in [0.1, 0.15) is 12.4 Å². The smallest absolute Gasteiger partial charge is 0.232 e. The molecule has 106 valence electrons. The largest absolute Gasteiger partial charge is 0.489 e. The van der Waals surface area contributed by atoms with E-state index in [1.54, 1.807) is 0 Å². The SMILES string of the molecule is CS(=O)(=O)N1CCOc2ccc(CCCCN)cc21. The highest BCUT2D eigenvalue weighted by molar-refractivity contribution is 7.92. The number of fused-ring (bicyclic) bond motifs is 1. The van der Waals surface area contributed by atoms with Crippen molar-refractivity contribution in [2.24, 2.45) is 5.73 Å². The minimum atomic E-state index is -3.25. The molecule has 1 aliphatic heterocycles. The predicted octanol–water partition coefficient (Wildman–Crippen LogP) is 1.13. The van der Waals surface area contributed by atoms with Crippen molar-refractivity contribution in [1.82, 2.24) is 0 Å². The van der Waals surface area contributed by atoms with Gasteiger partial charge in [-0.2, -0.15) is 0 Å². The van der Waals surface area contributed by atoms with Crippen molar-refractivity contribution in [2.45, 2.75) is 19.3 Å². The second-order valence-electron chi connectivity index (χ2n) is 4.73. The van der Waals surface area contributed by atoms with E-state index in [4.69, 9.17) is 10.5 Å². The molecule has 2 N–H and O–H groups in total. The van der Waals surface area contributed by atoms with Crippen LogP contribution >= 0.6 is 0 Å². The van der Waals surface area contributed by atoms with Crippen molar-refractivity contribution in [2.75, 3.05) is 30.3 Å². The van der Waals surface area contributed by atoms with Crippen molar-refractivity contribution in [3.63, 3.8) is 0 Å². The van der Waals surface area contributed by atoms with Crippen LogP contribution in [0.15, 0.2) is 18.2 Å². The molecule has 0 amide bonds. The van der Waals surface area contributed by atoms with Crippen molar-refractivity contribution in [1.29, 1.82) is 0 Å². The maximum atomic E-state index is 11.8. The Morgan fingerprint density at radius 3 is 2.84 bits per heavy atom. The van der Waals surface area contributed by atoms with Crippen LogP contribution in [0.1, 0.15) is 18.4 Å². The van der Waals surface area contributed by atoms with E-state index < -0.39 is 10.0 Å². The zero-order chi connectivity index (χ0) is 13.9. The molecule has 0 radical (unpaired) electrons. The average Bonchev–Trinajstić information content (AvgIpc) is 2.37. The van der Waals surface area contributed by atoms with Gasteiger partial charge in [-0.3, -0.25) is 4.31 Å². The molecule has 0 atom stereocenters. The third-order valence-electron chi connectivity index (χ3n) is 3.16. The normalized spacial score (nSPS) is 14.9. The van der Waals surface area contributed by atoms with Gasteiger partial charge in [0.15, 0.2) is 0 Å². The maximum absolute atomic E-state index is 11.8. The fourth-order valence-electron chi connectivity index (χ4n) is 2.21. The fourth-order valence-corrected chi connectivity index (χ4v) is 3.12. The van der Waals surface area contributed by atoms with Crippen LogP contribution in [-0.2, 0) is 16.4 Å². The van der Waals surface area contributed by atoms with Crippen LogP contribution in [0.3, 0.4) is 0 Å². The number of nitrogens with two attached hydrogens (primary N) is 1. The molecule has 1 aromatic rings. The van der Waals surface area contributed by atoms with E-state index in [2.05, 4.69) is 0 Å². The summed E-state index contributed by atoms with van der Waals surface area (Å²) >= 11 is 0. The topological polar surface area (TPSA) is 72.6 Å². The lowest BCUT2D eigenvalue weighted by atomic mass is 10.1. The molecule has 5 nitrogen and oxygen atoms in total. The van der Waals surface area contributed by atoms with Gasteiger partial charge in [0.2, 0.25) is 10.0 Å². The molecule has 0 aliphatic carbocycles. The fraction of sp³-hybridized carbons (Fsp3) is 0.538. The number of hydrogen-bond acceptors (Lipinski definition) is 4. The summed E-state index contributed by atoms with van der Waals surface area (Å²) in [5.41, 5.74) is 7.24. The first-order valence-corrected chi connectivity index (χ1v) is 8.30. The number of benzene rings is 1. The standard InChI is InChI=1S/C13H20N2O3S/c1-19(16,17)15-8-9-18-13-6-5-11(10-12(13)15)4-2-3-7-14/h5-6,10H,2-4,7-9,14H2,1H3. The molecule has 0 spiro atoms. The lowest BCUT2D eigenvalue weighted by Gasteiger charge is -2.29. The first kappa shape index (κ1) is 14.1. The van der Waals surface area contributed by atoms with Gasteiger partial charge in [-0.25, -0.2) is 8.42 Å². The average molecular weight is 284 g/mol. The second kappa shape index (κ2) is 5.79. The number of unbranched alkanes of at least 4 members (excludes halogenated alkanes) is 1. The molecule has 0 bridgehead atoms. The van der Waals surface area contributed by atoms with Gasteiger partial charge in [-0.1, -0.05) is 6.07 Å². The lowest BCUT2D eigenvalue weighted by molar-refractivity contribution is 0.316. The van der Waals surface area contributed by atoms with Crippen molar-refractivity contribution >= 4 is 15.7 Å². The summed E-state index contributed by atoms with van der Waals surface area (Å²) in [5, 5.41) is 0. The minimum Gasteiger partial charge on any atom is -0.489 e. The van der Waals surface area contributed by atoms with Crippen LogP contribution in [0.25, 0.3) is 0 Å². The van der Waals surface area contributed by atoms with Gasteiger partial charge in [0, 0.05) is 0 Å². The van der Waals surface area contributed by atoms with Gasteiger partial charge < -0.3 is 10.5 Å². The highest BCUT2D eigenvalue weighted by Gasteiger charge is 2.25. The highest BCUT2D eigenvalue weighted by Crippen LogP contribution is 2.34. The number of aryl methyl sites for hydroxylation is 1. The van der Waals surface area contributed by atoms with Crippen molar-refractivity contribution in [3.05, 3.63) is 23.8 Å². The van der Waals surface area contributed by atoms with Gasteiger partial charge >= 0.3 is 0 Å². The molecule has 6 heteroatoms. The number of anilines is 1. The summed E-state index contributed by atoms with van der Waals surface area (Å²) < 4.78 is 30.5. The van der Waals surface area contributed by atoms with Crippen LogP contribution in [0.4, 0.5) is 5.69 Å². The number of rotatable bonds is 5. The molecular weight excluding hydrogens is 264 g/mol. The first-order valence-electron chi connectivity index (χ1n) is 6.46. The quantitative estimate of drug-likeness (QED) is 0.823. The lowest BCUT2D eigenvalue weighted by Crippen LogP contribution is -2.37. The molecule has 0 unspecified atom stereocenters. The summed E-state index contributed by atoms with van der Waals surface area (Å²) in [6, 6.07) is 5.75. The Kier molecular flexibility index (Phi) is 4.31. The molecule has 19 heavy (non-hydrogen) atoms. The van der Waals surface area contributed by atoms with Crippen molar-refractivity contribution in [3.8, 4) is 5.75 Å². The Hall–Kier alpha value is -1.27. The van der Waals surface area contributed by atoms with Gasteiger partial charge in [-0.05, 0) is 43.5 Å². The Morgan fingerprint density at radius 2 is 2.16 bits per heavy atom. The van der Waals surface area contributed by atoms with Crippen LogP contribution in [0, 0.1) is 0 Å². The number of hydrogen-bond donors (Lipinski definition) is 1. The van der Waals surface area contributed by atoms with E-state index in [0.29, 0.717) is 31.1 Å². The molecule has 0 saturated heterocycles. The van der Waals surface area contributed by atoms with E-state index in [-0.39, 0.29) is 0 Å². The van der Waals surface area contributed by atoms with E-state index in [9.17, 15) is 8.42 Å².